The maximum Gasteiger partial charge on any atom is 0.494 e. The number of hydrazine groups is 1. The Morgan fingerprint density at radius 3 is 2.30 bits per heavy atom. The summed E-state index contributed by atoms with van der Waals surface area (Å²) in [4.78, 5) is 8.04. The van der Waals surface area contributed by atoms with Gasteiger partial charge in [0.2, 0.25) is 0 Å². The van der Waals surface area contributed by atoms with E-state index in [4.69, 9.17) is 20.9 Å². The van der Waals surface area contributed by atoms with E-state index in [1.54, 1.807) is 12.4 Å². The Morgan fingerprint density at radius 1 is 1.11 bits per heavy atom. The Hall–Kier alpha value is -2.42. The van der Waals surface area contributed by atoms with E-state index in [1.807, 2.05) is 58.0 Å². The van der Waals surface area contributed by atoms with Crippen molar-refractivity contribution in [3.8, 4) is 0 Å². The van der Waals surface area contributed by atoms with E-state index in [1.165, 1.54) is 11.3 Å². The lowest BCUT2D eigenvalue weighted by Gasteiger charge is -2.32. The monoisotopic (exact) mass is 367 g/mol. The van der Waals surface area contributed by atoms with Crippen LogP contribution in [0.15, 0.2) is 49.1 Å². The molecule has 1 saturated heterocycles. The lowest BCUT2D eigenvalue weighted by atomic mass is 9.79. The molecule has 0 amide bonds. The number of hydrogen-bond donors (Lipinski definition) is 2. The Kier molecular flexibility index (Phi) is 5.23. The predicted octanol–water partition coefficient (Wildman–Crippen LogP) is 1.41. The molecule has 27 heavy (non-hydrogen) atoms. The van der Waals surface area contributed by atoms with Gasteiger partial charge in [-0.3, -0.25) is 0 Å². The van der Waals surface area contributed by atoms with Gasteiger partial charge in [0.25, 0.3) is 0 Å². The van der Waals surface area contributed by atoms with Crippen LogP contribution in [-0.2, 0) is 15.9 Å². The van der Waals surface area contributed by atoms with Gasteiger partial charge in [0.05, 0.1) is 29.1 Å². The molecular formula is C19H26BN5O2. The van der Waals surface area contributed by atoms with Gasteiger partial charge in [0, 0.05) is 12.4 Å². The van der Waals surface area contributed by atoms with E-state index in [-0.39, 0.29) is 11.2 Å². The minimum Gasteiger partial charge on any atom is -0.399 e. The molecule has 4 N–H and O–H groups in total. The minimum atomic E-state index is -0.391. The molecule has 1 aromatic carbocycles. The number of nitrogens with zero attached hydrogens (tertiary/aromatic N) is 3. The zero-order chi connectivity index (χ0) is 19.7. The van der Waals surface area contributed by atoms with Gasteiger partial charge >= 0.3 is 7.12 Å². The standard InChI is InChI=1S/C19H26BN5O2/c1-18(2)19(3,4)27-20(26-18)15-7-5-14(6-8-15)17(21)12-25(22)11-16-9-10-23-13-24-16/h5-10,12-13H,11,21-22H2,1-4H3/b17-12-. The third-order valence-electron chi connectivity index (χ3n) is 5.06. The highest BCUT2D eigenvalue weighted by atomic mass is 16.7. The van der Waals surface area contributed by atoms with Crippen LogP contribution < -0.4 is 17.0 Å². The first kappa shape index (κ1) is 19.3. The summed E-state index contributed by atoms with van der Waals surface area (Å²) in [6.07, 6.45) is 4.86. The first-order chi connectivity index (χ1) is 12.7. The van der Waals surface area contributed by atoms with Crippen molar-refractivity contribution in [3.05, 3.63) is 60.3 Å². The number of benzene rings is 1. The zero-order valence-corrected chi connectivity index (χ0v) is 16.2. The van der Waals surface area contributed by atoms with Gasteiger partial charge < -0.3 is 20.1 Å². The van der Waals surface area contributed by atoms with Crippen LogP contribution in [0.25, 0.3) is 5.70 Å². The molecule has 0 atom stereocenters. The van der Waals surface area contributed by atoms with E-state index < -0.39 is 7.12 Å². The quantitative estimate of drug-likeness (QED) is 0.468. The van der Waals surface area contributed by atoms with E-state index in [0.29, 0.717) is 12.2 Å². The fourth-order valence-corrected chi connectivity index (χ4v) is 2.71. The maximum absolute atomic E-state index is 6.18. The molecule has 0 saturated carbocycles. The second-order valence-electron chi connectivity index (χ2n) is 7.67. The van der Waals surface area contributed by atoms with E-state index in [0.717, 1.165) is 16.7 Å². The van der Waals surface area contributed by atoms with Crippen molar-refractivity contribution >= 4 is 18.3 Å². The van der Waals surface area contributed by atoms with Crippen molar-refractivity contribution in [1.82, 2.24) is 15.0 Å². The van der Waals surface area contributed by atoms with Crippen molar-refractivity contribution in [2.45, 2.75) is 45.4 Å². The highest BCUT2D eigenvalue weighted by Gasteiger charge is 2.51. The van der Waals surface area contributed by atoms with Crippen LogP contribution in [0, 0.1) is 0 Å². The van der Waals surface area contributed by atoms with Crippen molar-refractivity contribution in [2.75, 3.05) is 0 Å². The second-order valence-corrected chi connectivity index (χ2v) is 7.67. The lowest BCUT2D eigenvalue weighted by molar-refractivity contribution is 0.00578. The summed E-state index contributed by atoms with van der Waals surface area (Å²) < 4.78 is 12.1. The third-order valence-corrected chi connectivity index (χ3v) is 5.06. The summed E-state index contributed by atoms with van der Waals surface area (Å²) in [5, 5.41) is 1.50. The van der Waals surface area contributed by atoms with Crippen molar-refractivity contribution in [1.29, 1.82) is 0 Å². The molecule has 8 heteroatoms. The van der Waals surface area contributed by atoms with Gasteiger partial charge in [0.1, 0.15) is 6.33 Å². The molecule has 3 rings (SSSR count). The molecule has 1 fully saturated rings. The molecule has 0 radical (unpaired) electrons. The van der Waals surface area contributed by atoms with Crippen molar-refractivity contribution < 1.29 is 9.31 Å². The highest BCUT2D eigenvalue weighted by molar-refractivity contribution is 6.62. The van der Waals surface area contributed by atoms with E-state index in [2.05, 4.69) is 9.97 Å². The predicted molar refractivity (Wildman–Crippen MR) is 106 cm³/mol. The lowest BCUT2D eigenvalue weighted by Crippen LogP contribution is -2.41. The molecule has 0 spiro atoms. The van der Waals surface area contributed by atoms with Crippen LogP contribution in [0.1, 0.15) is 39.0 Å². The van der Waals surface area contributed by atoms with Crippen LogP contribution in [0.3, 0.4) is 0 Å². The maximum atomic E-state index is 6.18. The molecule has 142 valence electrons. The molecule has 2 heterocycles. The molecular weight excluding hydrogens is 341 g/mol. The second kappa shape index (κ2) is 7.30. The summed E-state index contributed by atoms with van der Waals surface area (Å²) >= 11 is 0. The van der Waals surface area contributed by atoms with Gasteiger partial charge in [0.15, 0.2) is 0 Å². The van der Waals surface area contributed by atoms with Gasteiger partial charge in [-0.15, -0.1) is 0 Å². The van der Waals surface area contributed by atoms with Crippen LogP contribution in [0.2, 0.25) is 0 Å². The minimum absolute atomic E-state index is 0.365. The summed E-state index contributed by atoms with van der Waals surface area (Å²) in [7, 11) is -0.391. The Morgan fingerprint density at radius 2 is 1.74 bits per heavy atom. The first-order valence-corrected chi connectivity index (χ1v) is 8.87. The van der Waals surface area contributed by atoms with Crippen molar-refractivity contribution in [2.24, 2.45) is 11.6 Å². The fraction of sp³-hybridized carbons (Fsp3) is 0.368. The van der Waals surface area contributed by atoms with E-state index in [9.17, 15) is 0 Å². The molecule has 0 aliphatic carbocycles. The zero-order valence-electron chi connectivity index (χ0n) is 16.2. The highest BCUT2D eigenvalue weighted by Crippen LogP contribution is 2.36. The average Bonchev–Trinajstić information content (AvgIpc) is 2.83. The van der Waals surface area contributed by atoms with Crippen LogP contribution >= 0.6 is 0 Å². The molecule has 0 unspecified atom stereocenters. The van der Waals surface area contributed by atoms with E-state index >= 15 is 0 Å². The SMILES string of the molecule is CC1(C)OB(c2ccc(/C(N)=C/N(N)Cc3ccncn3)cc2)OC1(C)C. The molecule has 2 aromatic rings. The Labute approximate surface area is 160 Å². The summed E-state index contributed by atoms with van der Waals surface area (Å²) in [5.41, 5.74) is 8.65. The average molecular weight is 367 g/mol. The number of hydrogen-bond acceptors (Lipinski definition) is 7. The van der Waals surface area contributed by atoms with Gasteiger partial charge in [-0.1, -0.05) is 24.3 Å². The summed E-state index contributed by atoms with van der Waals surface area (Å²) in [6.45, 7) is 8.59. The van der Waals surface area contributed by atoms with Crippen LogP contribution in [0.5, 0.6) is 0 Å². The van der Waals surface area contributed by atoms with Crippen molar-refractivity contribution in [3.63, 3.8) is 0 Å². The topological polar surface area (TPSA) is 99.5 Å². The summed E-state index contributed by atoms with van der Waals surface area (Å²) in [6, 6.07) is 9.60. The fourth-order valence-electron chi connectivity index (χ4n) is 2.71. The number of nitrogens with two attached hydrogens (primary N) is 2. The van der Waals surface area contributed by atoms with Crippen LogP contribution in [-0.4, -0.2) is 33.3 Å². The first-order valence-electron chi connectivity index (χ1n) is 8.87. The molecule has 7 nitrogen and oxygen atoms in total. The van der Waals surface area contributed by atoms with Gasteiger partial charge in [-0.2, -0.15) is 0 Å². The van der Waals surface area contributed by atoms with Gasteiger partial charge in [-0.05, 0) is 44.8 Å². The molecule has 1 aliphatic rings. The van der Waals surface area contributed by atoms with Crippen LogP contribution in [0.4, 0.5) is 0 Å². The number of aromatic nitrogens is 2. The largest absolute Gasteiger partial charge is 0.494 e. The third kappa shape index (κ3) is 4.29. The normalized spacial score (nSPS) is 18.6. The smallest absolute Gasteiger partial charge is 0.399 e. The Bertz CT molecular complexity index is 793. The molecule has 0 bridgehead atoms. The Balaban J connectivity index is 1.68. The molecule has 1 aliphatic heterocycles. The number of rotatable bonds is 5. The molecule has 1 aromatic heterocycles. The van der Waals surface area contributed by atoms with Gasteiger partial charge in [-0.25, -0.2) is 15.8 Å². The summed E-state index contributed by atoms with van der Waals surface area (Å²) in [5.74, 6) is 6.01.